The smallest absolute Gasteiger partial charge is 0.292 e. The topological polar surface area (TPSA) is 158 Å². The highest BCUT2D eigenvalue weighted by Gasteiger charge is 2.16. The zero-order valence-electron chi connectivity index (χ0n) is 21.9. The van der Waals surface area contributed by atoms with Gasteiger partial charge in [0.1, 0.15) is 17.2 Å². The highest BCUT2D eigenvalue weighted by atomic mass is 19.1. The first-order valence-electron chi connectivity index (χ1n) is 11.9. The van der Waals surface area contributed by atoms with Crippen molar-refractivity contribution in [2.45, 2.75) is 45.6 Å². The Morgan fingerprint density at radius 3 is 2.46 bits per heavy atom. The number of hydrazone groups is 1. The number of methoxy groups -OCH3 is 2. The fourth-order valence-corrected chi connectivity index (χ4v) is 3.67. The lowest BCUT2D eigenvalue weighted by molar-refractivity contribution is -0.126. The van der Waals surface area contributed by atoms with Gasteiger partial charge in [-0.25, -0.2) is 25.3 Å². The number of nitrogens with two attached hydrogens (primary N) is 2. The number of nitrogens with zero attached hydrogens (tertiary/aromatic N) is 4. The predicted octanol–water partition coefficient (Wildman–Crippen LogP) is 2.32. The Bertz CT molecular complexity index is 1000. The highest BCUT2D eigenvalue weighted by Crippen LogP contribution is 2.23. The Labute approximate surface area is 217 Å². The average molecular weight is 520 g/mol. The molecule has 0 unspecified atom stereocenters. The number of hydrazine groups is 1. The van der Waals surface area contributed by atoms with Gasteiger partial charge in [-0.2, -0.15) is 0 Å². The summed E-state index contributed by atoms with van der Waals surface area (Å²) in [5.74, 6) is 7.12. The van der Waals surface area contributed by atoms with Gasteiger partial charge < -0.3 is 20.5 Å². The molecule has 5 N–H and O–H groups in total. The first kappa shape index (κ1) is 31.4. The maximum atomic E-state index is 12.9. The molecule has 1 aromatic carbocycles. The Morgan fingerprint density at radius 1 is 1.22 bits per heavy atom. The van der Waals surface area contributed by atoms with E-state index < -0.39 is 0 Å². The van der Waals surface area contributed by atoms with Crippen LogP contribution in [-0.2, 0) is 16.1 Å². The minimum Gasteiger partial charge on any atom is -0.494 e. The first-order valence-corrected chi connectivity index (χ1v) is 11.9. The third-order valence-corrected chi connectivity index (χ3v) is 5.34. The lowest BCUT2D eigenvalue weighted by Gasteiger charge is -2.25. The van der Waals surface area contributed by atoms with Gasteiger partial charge in [0.15, 0.2) is 23.7 Å². The fourth-order valence-electron chi connectivity index (χ4n) is 3.67. The van der Waals surface area contributed by atoms with E-state index in [1.807, 2.05) is 7.05 Å². The summed E-state index contributed by atoms with van der Waals surface area (Å²) < 4.78 is 21.6. The largest absolute Gasteiger partial charge is 0.494 e. The van der Waals surface area contributed by atoms with Gasteiger partial charge in [0, 0.05) is 6.54 Å². The molecule has 1 saturated carbocycles. The van der Waals surface area contributed by atoms with Crippen molar-refractivity contribution >= 4 is 18.6 Å². The summed E-state index contributed by atoms with van der Waals surface area (Å²) >= 11 is 0. The third kappa shape index (κ3) is 12.2. The van der Waals surface area contributed by atoms with Gasteiger partial charge in [0.05, 0.1) is 20.8 Å². The molecule has 0 atom stereocenters. The van der Waals surface area contributed by atoms with E-state index in [2.05, 4.69) is 25.1 Å². The second-order valence-corrected chi connectivity index (χ2v) is 8.29. The normalized spacial score (nSPS) is 13.3. The predicted molar refractivity (Wildman–Crippen MR) is 139 cm³/mol. The number of hydrogen-bond acceptors (Lipinski definition) is 10. The fraction of sp³-hybridized carbons (Fsp3) is 0.480. The summed E-state index contributed by atoms with van der Waals surface area (Å²) in [6.07, 6.45) is 6.85. The average Bonchev–Trinajstić information content (AvgIpc) is 2.90. The van der Waals surface area contributed by atoms with Crippen LogP contribution in [0.3, 0.4) is 0 Å². The lowest BCUT2D eigenvalue weighted by atomic mass is 9.89. The molecule has 0 amide bonds. The number of carbonyl (C=O) groups is 2. The van der Waals surface area contributed by atoms with Gasteiger partial charge in [-0.3, -0.25) is 9.59 Å². The Morgan fingerprint density at radius 2 is 1.89 bits per heavy atom. The van der Waals surface area contributed by atoms with E-state index >= 15 is 0 Å². The molecule has 0 radical (unpaired) electrons. The molecule has 3 rings (SSSR count). The summed E-state index contributed by atoms with van der Waals surface area (Å²) in [6, 6.07) is 6.33. The van der Waals surface area contributed by atoms with Gasteiger partial charge in [0.25, 0.3) is 6.47 Å². The number of ether oxygens (including phenoxy) is 2. The van der Waals surface area contributed by atoms with Crippen LogP contribution in [0.4, 0.5) is 4.39 Å². The molecule has 37 heavy (non-hydrogen) atoms. The molecular weight excluding hydrogens is 481 g/mol. The molecule has 1 aliphatic rings. The van der Waals surface area contributed by atoms with Crippen LogP contribution in [0, 0.1) is 18.7 Å². The van der Waals surface area contributed by atoms with Gasteiger partial charge in [-0.15, -0.1) is 5.10 Å². The van der Waals surface area contributed by atoms with E-state index in [9.17, 15) is 9.18 Å². The van der Waals surface area contributed by atoms with Crippen molar-refractivity contribution in [3.05, 3.63) is 52.9 Å². The van der Waals surface area contributed by atoms with Crippen LogP contribution in [0.2, 0.25) is 0 Å². The maximum absolute atomic E-state index is 12.9. The number of halogens is 1. The van der Waals surface area contributed by atoms with Crippen molar-refractivity contribution in [2.24, 2.45) is 22.6 Å². The van der Waals surface area contributed by atoms with Crippen LogP contribution >= 0.6 is 0 Å². The Balaban J connectivity index is 0.000000360. The number of aromatic nitrogens is 2. The lowest BCUT2D eigenvalue weighted by Crippen LogP contribution is -2.34. The standard InChI is InChI=1S/C14H22N6O.C9H12FNO.C2H4O2/c1-10-17-12(9-21)7-13(18-10)14(15)19-20(16)8-11-5-3-2-4-6-11;1-11-6-7-3-4-8(10)9(5-7)12-2;1-4-2-3/h7,9,11H,2-6,8,16H2,1H3,(H2,15,19);3-5,11H,6H2,1-2H3;2H,1H3. The second kappa shape index (κ2) is 17.7. The Kier molecular flexibility index (Phi) is 15.0. The van der Waals surface area contributed by atoms with Crippen molar-refractivity contribution in [1.82, 2.24) is 20.4 Å². The minimum absolute atomic E-state index is 0.196. The van der Waals surface area contributed by atoms with E-state index in [1.54, 1.807) is 19.1 Å². The van der Waals surface area contributed by atoms with Crippen LogP contribution in [-0.4, -0.2) is 61.5 Å². The van der Waals surface area contributed by atoms with Crippen LogP contribution in [0.5, 0.6) is 5.75 Å². The van der Waals surface area contributed by atoms with Gasteiger partial charge in [0.2, 0.25) is 0 Å². The molecule has 2 aromatic rings. The van der Waals surface area contributed by atoms with Crippen molar-refractivity contribution in [1.29, 1.82) is 0 Å². The monoisotopic (exact) mass is 519 g/mol. The van der Waals surface area contributed by atoms with Crippen molar-refractivity contribution < 1.29 is 23.5 Å². The number of carbonyl (C=O) groups excluding carboxylic acids is 2. The van der Waals surface area contributed by atoms with E-state index in [0.29, 0.717) is 42.5 Å². The molecule has 11 nitrogen and oxygen atoms in total. The molecule has 1 aromatic heterocycles. The zero-order chi connectivity index (χ0) is 27.6. The minimum atomic E-state index is -0.322. The summed E-state index contributed by atoms with van der Waals surface area (Å²) in [6.45, 7) is 3.48. The number of rotatable bonds is 9. The first-order chi connectivity index (χ1) is 17.8. The molecule has 1 heterocycles. The summed E-state index contributed by atoms with van der Waals surface area (Å²) in [7, 11) is 4.62. The number of hydrogen-bond donors (Lipinski definition) is 3. The van der Waals surface area contributed by atoms with Crippen molar-refractivity contribution in [3.63, 3.8) is 0 Å². The SMILES string of the molecule is CNCc1ccc(F)c(OC)c1.COC=O.Cc1nc(C=O)cc(/C(N)=N/N(N)CC2CCCCC2)n1. The molecule has 204 valence electrons. The Hall–Kier alpha value is -3.64. The number of aryl methyl sites for hydroxylation is 1. The number of amidine groups is 1. The summed E-state index contributed by atoms with van der Waals surface area (Å²) in [5.41, 5.74) is 7.63. The van der Waals surface area contributed by atoms with Crippen LogP contribution in [0.1, 0.15) is 59.7 Å². The number of nitrogens with one attached hydrogen (secondary N) is 1. The van der Waals surface area contributed by atoms with E-state index in [-0.39, 0.29) is 17.3 Å². The summed E-state index contributed by atoms with van der Waals surface area (Å²) in [5, 5.41) is 8.51. The maximum Gasteiger partial charge on any atom is 0.292 e. The third-order valence-electron chi connectivity index (χ3n) is 5.34. The highest BCUT2D eigenvalue weighted by molar-refractivity contribution is 5.96. The molecule has 12 heteroatoms. The van der Waals surface area contributed by atoms with Gasteiger partial charge in [-0.1, -0.05) is 25.3 Å². The van der Waals surface area contributed by atoms with Crippen LogP contribution < -0.4 is 21.6 Å². The van der Waals surface area contributed by atoms with Gasteiger partial charge >= 0.3 is 0 Å². The van der Waals surface area contributed by atoms with E-state index in [1.165, 1.54) is 63.6 Å². The van der Waals surface area contributed by atoms with Crippen molar-refractivity contribution in [2.75, 3.05) is 27.8 Å². The number of aldehydes is 1. The van der Waals surface area contributed by atoms with Crippen molar-refractivity contribution in [3.8, 4) is 5.75 Å². The molecule has 0 saturated heterocycles. The summed E-state index contributed by atoms with van der Waals surface area (Å²) in [4.78, 5) is 27.9. The molecule has 1 aliphatic carbocycles. The van der Waals surface area contributed by atoms with E-state index in [4.69, 9.17) is 21.1 Å². The quantitative estimate of drug-likeness (QED) is 0.148. The zero-order valence-corrected chi connectivity index (χ0v) is 21.9. The molecule has 0 spiro atoms. The van der Waals surface area contributed by atoms with E-state index in [0.717, 1.165) is 12.1 Å². The molecule has 1 fully saturated rings. The molecule has 0 bridgehead atoms. The van der Waals surface area contributed by atoms with Gasteiger partial charge in [-0.05, 0) is 56.5 Å². The second-order valence-electron chi connectivity index (χ2n) is 8.29. The van der Waals surface area contributed by atoms with Crippen LogP contribution in [0.15, 0.2) is 29.4 Å². The number of benzene rings is 1. The molecular formula is C25H38FN7O4. The van der Waals surface area contributed by atoms with Crippen LogP contribution in [0.25, 0.3) is 0 Å². The molecule has 0 aliphatic heterocycles.